The minimum atomic E-state index is 0.540. The number of methoxy groups -OCH3 is 3. The monoisotopic (exact) mass is 381 g/mol. The highest BCUT2D eigenvalue weighted by molar-refractivity contribution is 9.10. The first-order valence-electron chi connectivity index (χ1n) is 7.10. The summed E-state index contributed by atoms with van der Waals surface area (Å²) in [5.74, 6) is 2.64. The molecule has 124 valence electrons. The van der Waals surface area contributed by atoms with E-state index in [0.29, 0.717) is 30.4 Å². The normalized spacial score (nSPS) is 10.1. The van der Waals surface area contributed by atoms with Gasteiger partial charge in [0.25, 0.3) is 0 Å². The third-order valence-corrected chi connectivity index (χ3v) is 3.71. The molecule has 0 fully saturated rings. The van der Waals surface area contributed by atoms with Gasteiger partial charge in [-0.15, -0.1) is 0 Å². The lowest BCUT2D eigenvalue weighted by atomic mass is 10.2. The Kier molecular flexibility index (Phi) is 6.40. The van der Waals surface area contributed by atoms with E-state index in [1.54, 1.807) is 21.3 Å². The van der Waals surface area contributed by atoms with Gasteiger partial charge in [0.1, 0.15) is 12.4 Å². The number of anilines is 1. The maximum atomic E-state index is 5.67. The van der Waals surface area contributed by atoms with Crippen LogP contribution in [0.5, 0.6) is 23.0 Å². The molecular formula is C17H20BrNO4. The predicted octanol–water partition coefficient (Wildman–Crippen LogP) is 3.97. The number of rotatable bonds is 8. The summed E-state index contributed by atoms with van der Waals surface area (Å²) in [5, 5.41) is 3.28. The Labute approximate surface area is 144 Å². The quantitative estimate of drug-likeness (QED) is 0.701. The average Bonchev–Trinajstić information content (AvgIpc) is 2.59. The van der Waals surface area contributed by atoms with E-state index in [9.17, 15) is 0 Å². The molecule has 6 heteroatoms. The van der Waals surface area contributed by atoms with E-state index in [1.807, 2.05) is 36.4 Å². The zero-order valence-corrected chi connectivity index (χ0v) is 15.0. The number of ether oxygens (including phenoxy) is 4. The van der Waals surface area contributed by atoms with Crippen LogP contribution >= 0.6 is 15.9 Å². The summed E-state index contributed by atoms with van der Waals surface area (Å²) in [5.41, 5.74) is 0.874. The number of benzene rings is 2. The first-order valence-corrected chi connectivity index (χ1v) is 7.89. The maximum absolute atomic E-state index is 5.67. The number of nitrogens with one attached hydrogen (secondary N) is 1. The van der Waals surface area contributed by atoms with E-state index in [2.05, 4.69) is 21.2 Å². The Morgan fingerprint density at radius 2 is 1.52 bits per heavy atom. The Morgan fingerprint density at radius 1 is 0.913 bits per heavy atom. The van der Waals surface area contributed by atoms with Crippen LogP contribution in [-0.2, 0) is 0 Å². The Balaban J connectivity index is 1.93. The first-order chi connectivity index (χ1) is 11.2. The van der Waals surface area contributed by atoms with E-state index < -0.39 is 0 Å². The van der Waals surface area contributed by atoms with Crippen molar-refractivity contribution in [2.45, 2.75) is 0 Å². The van der Waals surface area contributed by atoms with Gasteiger partial charge in [0, 0.05) is 28.8 Å². The average molecular weight is 382 g/mol. The van der Waals surface area contributed by atoms with Crippen molar-refractivity contribution in [2.75, 3.05) is 39.8 Å². The Morgan fingerprint density at radius 3 is 2.04 bits per heavy atom. The van der Waals surface area contributed by atoms with Gasteiger partial charge in [0.2, 0.25) is 5.75 Å². The molecule has 0 aliphatic heterocycles. The predicted molar refractivity (Wildman–Crippen MR) is 94.2 cm³/mol. The summed E-state index contributed by atoms with van der Waals surface area (Å²) in [4.78, 5) is 0. The highest BCUT2D eigenvalue weighted by Crippen LogP contribution is 2.39. The zero-order chi connectivity index (χ0) is 16.7. The molecule has 0 saturated heterocycles. The van der Waals surface area contributed by atoms with E-state index in [1.165, 1.54) is 0 Å². The molecule has 5 nitrogen and oxygen atoms in total. The molecule has 23 heavy (non-hydrogen) atoms. The van der Waals surface area contributed by atoms with Crippen LogP contribution in [0.15, 0.2) is 40.9 Å². The lowest BCUT2D eigenvalue weighted by molar-refractivity contribution is 0.324. The summed E-state index contributed by atoms with van der Waals surface area (Å²) < 4.78 is 22.6. The topological polar surface area (TPSA) is 49.0 Å². The third kappa shape index (κ3) is 4.69. The van der Waals surface area contributed by atoms with E-state index in [0.717, 1.165) is 15.9 Å². The van der Waals surface area contributed by atoms with Gasteiger partial charge < -0.3 is 24.3 Å². The van der Waals surface area contributed by atoms with Gasteiger partial charge in [-0.3, -0.25) is 0 Å². The molecule has 0 unspecified atom stereocenters. The molecule has 0 saturated carbocycles. The van der Waals surface area contributed by atoms with Crippen molar-refractivity contribution in [1.29, 1.82) is 0 Å². The van der Waals surface area contributed by atoms with Gasteiger partial charge >= 0.3 is 0 Å². The molecule has 2 rings (SSSR count). The summed E-state index contributed by atoms with van der Waals surface area (Å²) in [6.07, 6.45) is 0. The van der Waals surface area contributed by atoms with Crippen LogP contribution < -0.4 is 24.3 Å². The van der Waals surface area contributed by atoms with Gasteiger partial charge in [-0.25, -0.2) is 0 Å². The molecule has 0 atom stereocenters. The van der Waals surface area contributed by atoms with Crippen molar-refractivity contribution in [1.82, 2.24) is 0 Å². The number of hydrogen-bond donors (Lipinski definition) is 1. The molecule has 0 radical (unpaired) electrons. The molecule has 2 aromatic carbocycles. The molecule has 0 heterocycles. The second kappa shape index (κ2) is 8.53. The fourth-order valence-corrected chi connectivity index (χ4v) is 2.34. The van der Waals surface area contributed by atoms with Crippen molar-refractivity contribution in [2.24, 2.45) is 0 Å². The fourth-order valence-electron chi connectivity index (χ4n) is 2.08. The molecule has 0 aliphatic rings. The summed E-state index contributed by atoms with van der Waals surface area (Å²) >= 11 is 3.39. The second-order valence-corrected chi connectivity index (χ2v) is 5.56. The molecule has 2 aromatic rings. The smallest absolute Gasteiger partial charge is 0.203 e. The highest BCUT2D eigenvalue weighted by atomic mass is 79.9. The van der Waals surface area contributed by atoms with Crippen LogP contribution in [0.4, 0.5) is 5.69 Å². The largest absolute Gasteiger partial charge is 0.493 e. The molecule has 0 spiro atoms. The van der Waals surface area contributed by atoms with E-state index in [4.69, 9.17) is 18.9 Å². The summed E-state index contributed by atoms with van der Waals surface area (Å²) in [6, 6.07) is 11.5. The summed E-state index contributed by atoms with van der Waals surface area (Å²) in [6.45, 7) is 1.19. The van der Waals surface area contributed by atoms with E-state index in [-0.39, 0.29) is 0 Å². The molecule has 0 aliphatic carbocycles. The molecule has 1 N–H and O–H groups in total. The van der Waals surface area contributed by atoms with Gasteiger partial charge in [0.05, 0.1) is 21.3 Å². The highest BCUT2D eigenvalue weighted by Gasteiger charge is 2.12. The van der Waals surface area contributed by atoms with Crippen molar-refractivity contribution in [3.63, 3.8) is 0 Å². The molecule has 0 amide bonds. The standard InChI is InChI=1S/C17H20BrNO4/c1-20-15-10-13(11-16(21-2)17(15)22-3)19-8-9-23-14-6-4-12(18)5-7-14/h4-7,10-11,19H,8-9H2,1-3H3. The maximum Gasteiger partial charge on any atom is 0.203 e. The lowest BCUT2D eigenvalue weighted by Crippen LogP contribution is -2.11. The van der Waals surface area contributed by atoms with Crippen LogP contribution in [0.2, 0.25) is 0 Å². The summed E-state index contributed by atoms with van der Waals surface area (Å²) in [7, 11) is 4.77. The lowest BCUT2D eigenvalue weighted by Gasteiger charge is -2.15. The van der Waals surface area contributed by atoms with Gasteiger partial charge in [0.15, 0.2) is 11.5 Å². The second-order valence-electron chi connectivity index (χ2n) is 4.64. The minimum Gasteiger partial charge on any atom is -0.493 e. The van der Waals surface area contributed by atoms with Gasteiger partial charge in [-0.2, -0.15) is 0 Å². The van der Waals surface area contributed by atoms with Crippen LogP contribution in [0.1, 0.15) is 0 Å². The first kappa shape index (κ1) is 17.3. The minimum absolute atomic E-state index is 0.540. The fraction of sp³-hybridized carbons (Fsp3) is 0.294. The van der Waals surface area contributed by atoms with Crippen molar-refractivity contribution >= 4 is 21.6 Å². The van der Waals surface area contributed by atoms with Crippen LogP contribution in [0.3, 0.4) is 0 Å². The van der Waals surface area contributed by atoms with Crippen molar-refractivity contribution in [3.8, 4) is 23.0 Å². The molecule has 0 aromatic heterocycles. The van der Waals surface area contributed by atoms with Crippen LogP contribution in [-0.4, -0.2) is 34.5 Å². The van der Waals surface area contributed by atoms with Crippen molar-refractivity contribution < 1.29 is 18.9 Å². The van der Waals surface area contributed by atoms with Gasteiger partial charge in [-0.05, 0) is 24.3 Å². The Bertz CT molecular complexity index is 606. The van der Waals surface area contributed by atoms with Crippen LogP contribution in [0.25, 0.3) is 0 Å². The van der Waals surface area contributed by atoms with E-state index >= 15 is 0 Å². The number of hydrogen-bond acceptors (Lipinski definition) is 5. The number of halogens is 1. The van der Waals surface area contributed by atoms with Crippen LogP contribution in [0, 0.1) is 0 Å². The van der Waals surface area contributed by atoms with Crippen molar-refractivity contribution in [3.05, 3.63) is 40.9 Å². The molecular weight excluding hydrogens is 362 g/mol. The van der Waals surface area contributed by atoms with Gasteiger partial charge in [-0.1, -0.05) is 15.9 Å². The third-order valence-electron chi connectivity index (χ3n) is 3.18. The molecule has 0 bridgehead atoms. The SMILES string of the molecule is COc1cc(NCCOc2ccc(Br)cc2)cc(OC)c1OC. The Hall–Kier alpha value is -2.08. The zero-order valence-electron chi connectivity index (χ0n) is 13.4.